The van der Waals surface area contributed by atoms with Gasteiger partial charge in [0.05, 0.1) is 12.7 Å². The second-order valence-electron chi connectivity index (χ2n) is 5.16. The van der Waals surface area contributed by atoms with Gasteiger partial charge in [0.25, 0.3) is 0 Å². The van der Waals surface area contributed by atoms with E-state index in [0.29, 0.717) is 18.6 Å². The number of ether oxygens (including phenoxy) is 2. The molecular formula is C15H22ClNO2. The van der Waals surface area contributed by atoms with Crippen molar-refractivity contribution in [2.45, 2.75) is 25.9 Å². The molecule has 0 aromatic heterocycles. The van der Waals surface area contributed by atoms with Crippen LogP contribution in [-0.2, 0) is 4.74 Å². The molecule has 19 heavy (non-hydrogen) atoms. The van der Waals surface area contributed by atoms with E-state index in [1.165, 1.54) is 12.8 Å². The van der Waals surface area contributed by atoms with Crippen molar-refractivity contribution in [1.29, 1.82) is 0 Å². The molecule has 1 heterocycles. The van der Waals surface area contributed by atoms with Crippen LogP contribution in [0.3, 0.4) is 0 Å². The van der Waals surface area contributed by atoms with Crippen LogP contribution in [-0.4, -0.2) is 32.4 Å². The van der Waals surface area contributed by atoms with E-state index >= 15 is 0 Å². The summed E-state index contributed by atoms with van der Waals surface area (Å²) < 4.78 is 11.3. The van der Waals surface area contributed by atoms with Crippen molar-refractivity contribution in [3.05, 3.63) is 29.3 Å². The van der Waals surface area contributed by atoms with Crippen molar-refractivity contribution in [2.24, 2.45) is 5.92 Å². The van der Waals surface area contributed by atoms with Crippen molar-refractivity contribution in [3.63, 3.8) is 0 Å². The Hall–Kier alpha value is -0.770. The molecule has 4 heteroatoms. The fraction of sp³-hybridized carbons (Fsp3) is 0.600. The zero-order chi connectivity index (χ0) is 13.5. The molecule has 0 spiro atoms. The minimum absolute atomic E-state index is 0.407. The van der Waals surface area contributed by atoms with Gasteiger partial charge in [0.2, 0.25) is 0 Å². The average molecular weight is 284 g/mol. The van der Waals surface area contributed by atoms with E-state index in [9.17, 15) is 0 Å². The van der Waals surface area contributed by atoms with Gasteiger partial charge in [-0.1, -0.05) is 18.5 Å². The van der Waals surface area contributed by atoms with E-state index in [2.05, 4.69) is 12.2 Å². The highest BCUT2D eigenvalue weighted by Gasteiger charge is 2.15. The molecule has 1 N–H and O–H groups in total. The third-order valence-electron chi connectivity index (χ3n) is 3.24. The van der Waals surface area contributed by atoms with E-state index < -0.39 is 0 Å². The molecule has 1 aliphatic rings. The van der Waals surface area contributed by atoms with Crippen LogP contribution in [0.15, 0.2) is 24.3 Å². The van der Waals surface area contributed by atoms with Gasteiger partial charge in [-0.2, -0.15) is 0 Å². The van der Waals surface area contributed by atoms with Crippen molar-refractivity contribution in [3.8, 4) is 5.75 Å². The average Bonchev–Trinajstić information content (AvgIpc) is 2.91. The number of benzene rings is 1. The molecule has 2 atom stereocenters. The topological polar surface area (TPSA) is 30.5 Å². The summed E-state index contributed by atoms with van der Waals surface area (Å²) in [7, 11) is 0. The molecule has 0 amide bonds. The fourth-order valence-electron chi connectivity index (χ4n) is 2.12. The Kier molecular flexibility index (Phi) is 5.95. The van der Waals surface area contributed by atoms with E-state index in [1.807, 2.05) is 24.3 Å². The molecule has 106 valence electrons. The predicted octanol–water partition coefficient (Wildman–Crippen LogP) is 3.12. The zero-order valence-corrected chi connectivity index (χ0v) is 12.2. The monoisotopic (exact) mass is 283 g/mol. The standard InChI is InChI=1S/C15H22ClNO2/c1-12(9-17-10-15-3-2-8-18-15)11-19-14-6-4-13(16)5-7-14/h4-7,12,15,17H,2-3,8-11H2,1H3/t12-,15+/m1/s1. The second kappa shape index (κ2) is 7.73. The summed E-state index contributed by atoms with van der Waals surface area (Å²) in [5, 5.41) is 4.18. The number of hydrogen-bond acceptors (Lipinski definition) is 3. The first kappa shape index (κ1) is 14.6. The quantitative estimate of drug-likeness (QED) is 0.834. The highest BCUT2D eigenvalue weighted by Crippen LogP contribution is 2.16. The van der Waals surface area contributed by atoms with E-state index in [0.717, 1.165) is 30.5 Å². The Bertz CT molecular complexity index is 363. The summed E-state index contributed by atoms with van der Waals surface area (Å²) in [5.74, 6) is 1.34. The first-order valence-electron chi connectivity index (χ1n) is 6.94. The lowest BCUT2D eigenvalue weighted by Gasteiger charge is -2.16. The van der Waals surface area contributed by atoms with E-state index in [-0.39, 0.29) is 0 Å². The Labute approximate surface area is 120 Å². The largest absolute Gasteiger partial charge is 0.493 e. The van der Waals surface area contributed by atoms with Crippen LogP contribution in [0.5, 0.6) is 5.75 Å². The number of halogens is 1. The lowest BCUT2D eigenvalue weighted by Crippen LogP contribution is -2.31. The highest BCUT2D eigenvalue weighted by atomic mass is 35.5. The van der Waals surface area contributed by atoms with Gasteiger partial charge in [-0.05, 0) is 37.1 Å². The van der Waals surface area contributed by atoms with E-state index in [4.69, 9.17) is 21.1 Å². The van der Waals surface area contributed by atoms with E-state index in [1.54, 1.807) is 0 Å². The summed E-state index contributed by atoms with van der Waals surface area (Å²) in [6.07, 6.45) is 2.79. The van der Waals surface area contributed by atoms with Crippen LogP contribution >= 0.6 is 11.6 Å². The van der Waals surface area contributed by atoms with Crippen LogP contribution in [0.1, 0.15) is 19.8 Å². The van der Waals surface area contributed by atoms with Gasteiger partial charge < -0.3 is 14.8 Å². The molecule has 0 aliphatic carbocycles. The van der Waals surface area contributed by atoms with Gasteiger partial charge in [-0.25, -0.2) is 0 Å². The molecule has 1 fully saturated rings. The van der Waals surface area contributed by atoms with Gasteiger partial charge >= 0.3 is 0 Å². The maximum Gasteiger partial charge on any atom is 0.119 e. The molecule has 1 aromatic rings. The smallest absolute Gasteiger partial charge is 0.119 e. The summed E-state index contributed by atoms with van der Waals surface area (Å²) in [6, 6.07) is 7.48. The minimum atomic E-state index is 0.407. The second-order valence-corrected chi connectivity index (χ2v) is 5.60. The first-order valence-corrected chi connectivity index (χ1v) is 7.32. The molecule has 3 nitrogen and oxygen atoms in total. The molecule has 2 rings (SSSR count). The van der Waals surface area contributed by atoms with Gasteiger partial charge in [0.15, 0.2) is 0 Å². The van der Waals surface area contributed by atoms with Crippen molar-refractivity contribution >= 4 is 11.6 Å². The Morgan fingerprint density at radius 2 is 2.21 bits per heavy atom. The Balaban J connectivity index is 1.58. The van der Waals surface area contributed by atoms with Crippen molar-refractivity contribution < 1.29 is 9.47 Å². The first-order chi connectivity index (χ1) is 9.24. The van der Waals surface area contributed by atoms with Crippen LogP contribution in [0.2, 0.25) is 5.02 Å². The zero-order valence-electron chi connectivity index (χ0n) is 11.4. The molecule has 0 unspecified atom stereocenters. The normalized spacial score (nSPS) is 20.4. The lowest BCUT2D eigenvalue weighted by atomic mass is 10.2. The maximum absolute atomic E-state index is 5.83. The van der Waals surface area contributed by atoms with Gasteiger partial charge in [-0.15, -0.1) is 0 Å². The number of rotatable bonds is 7. The molecule has 1 aliphatic heterocycles. The van der Waals surface area contributed by atoms with Gasteiger partial charge in [0.1, 0.15) is 5.75 Å². The van der Waals surface area contributed by atoms with Crippen LogP contribution in [0, 0.1) is 5.92 Å². The predicted molar refractivity (Wildman–Crippen MR) is 78.0 cm³/mol. The fourth-order valence-corrected chi connectivity index (χ4v) is 2.25. The molecular weight excluding hydrogens is 262 g/mol. The van der Waals surface area contributed by atoms with Crippen LogP contribution in [0.25, 0.3) is 0 Å². The van der Waals surface area contributed by atoms with Crippen LogP contribution in [0.4, 0.5) is 0 Å². The highest BCUT2D eigenvalue weighted by molar-refractivity contribution is 6.30. The van der Waals surface area contributed by atoms with Gasteiger partial charge in [-0.3, -0.25) is 0 Å². The SMILES string of the molecule is C[C@H](CNC[C@@H]1CCCO1)COc1ccc(Cl)cc1. The number of hydrogen-bond donors (Lipinski definition) is 1. The molecule has 1 saturated heterocycles. The molecule has 1 aromatic carbocycles. The Morgan fingerprint density at radius 1 is 1.42 bits per heavy atom. The Morgan fingerprint density at radius 3 is 2.89 bits per heavy atom. The third-order valence-corrected chi connectivity index (χ3v) is 3.49. The molecule has 0 saturated carbocycles. The third kappa shape index (κ3) is 5.39. The minimum Gasteiger partial charge on any atom is -0.493 e. The number of nitrogens with one attached hydrogen (secondary N) is 1. The molecule has 0 bridgehead atoms. The summed E-state index contributed by atoms with van der Waals surface area (Å²) in [4.78, 5) is 0. The lowest BCUT2D eigenvalue weighted by molar-refractivity contribution is 0.108. The maximum atomic E-state index is 5.83. The summed E-state index contributed by atoms with van der Waals surface area (Å²) >= 11 is 5.83. The summed E-state index contributed by atoms with van der Waals surface area (Å²) in [6.45, 7) is 5.71. The summed E-state index contributed by atoms with van der Waals surface area (Å²) in [5.41, 5.74) is 0. The van der Waals surface area contributed by atoms with Crippen LogP contribution < -0.4 is 10.1 Å². The molecule has 0 radical (unpaired) electrons. The van der Waals surface area contributed by atoms with Crippen molar-refractivity contribution in [1.82, 2.24) is 5.32 Å². The van der Waals surface area contributed by atoms with Crippen molar-refractivity contribution in [2.75, 3.05) is 26.3 Å². The van der Waals surface area contributed by atoms with Gasteiger partial charge in [0, 0.05) is 30.6 Å².